The Bertz CT molecular complexity index is 493. The van der Waals surface area contributed by atoms with Gasteiger partial charge >= 0.3 is 0 Å². The summed E-state index contributed by atoms with van der Waals surface area (Å²) >= 11 is 0. The number of pyridine rings is 1. The lowest BCUT2D eigenvalue weighted by molar-refractivity contribution is -0.129. The zero-order valence-electron chi connectivity index (χ0n) is 12.3. The van der Waals surface area contributed by atoms with E-state index < -0.39 is 0 Å². The normalized spacial score (nSPS) is 26.4. The van der Waals surface area contributed by atoms with Gasteiger partial charge in [-0.3, -0.25) is 4.79 Å². The fourth-order valence-corrected chi connectivity index (χ4v) is 3.01. The summed E-state index contributed by atoms with van der Waals surface area (Å²) in [6.07, 6.45) is 6.14. The molecule has 114 valence electrons. The van der Waals surface area contributed by atoms with E-state index in [1.165, 1.54) is 0 Å². The first-order valence-corrected chi connectivity index (χ1v) is 7.65. The summed E-state index contributed by atoms with van der Waals surface area (Å²) in [5, 5.41) is 12.7. The number of carbonyl (C=O) groups excluding carboxylic acids is 1. The molecule has 1 amide bonds. The molecular formula is C16H22N2O3. The van der Waals surface area contributed by atoms with E-state index >= 15 is 0 Å². The summed E-state index contributed by atoms with van der Waals surface area (Å²) in [4.78, 5) is 16.5. The van der Waals surface area contributed by atoms with Crippen LogP contribution in [0.5, 0.6) is 5.88 Å². The maximum absolute atomic E-state index is 12.2. The number of aliphatic hydroxyl groups excluding tert-OH is 1. The minimum Gasteiger partial charge on any atom is -0.481 e. The van der Waals surface area contributed by atoms with Gasteiger partial charge in [0.1, 0.15) is 0 Å². The number of hydrogen-bond donors (Lipinski definition) is 2. The maximum Gasteiger partial charge on any atom is 0.223 e. The first-order chi connectivity index (χ1) is 10.2. The van der Waals surface area contributed by atoms with Crippen molar-refractivity contribution in [1.82, 2.24) is 10.3 Å². The van der Waals surface area contributed by atoms with Crippen LogP contribution in [-0.2, 0) is 4.79 Å². The Morgan fingerprint density at radius 3 is 2.67 bits per heavy atom. The Morgan fingerprint density at radius 2 is 2.19 bits per heavy atom. The number of ether oxygens (including phenoxy) is 1. The molecule has 0 unspecified atom stereocenters. The molecule has 0 aromatic carbocycles. The molecule has 21 heavy (non-hydrogen) atoms. The van der Waals surface area contributed by atoms with Crippen LogP contribution in [0.3, 0.4) is 0 Å². The second kappa shape index (κ2) is 6.02. The number of nitrogens with zero attached hydrogens (tertiary/aromatic N) is 1. The lowest BCUT2D eigenvalue weighted by atomic mass is 9.74. The fourth-order valence-electron chi connectivity index (χ4n) is 3.01. The van der Waals surface area contributed by atoms with Gasteiger partial charge in [0.05, 0.1) is 19.3 Å². The predicted octanol–water partition coefficient (Wildman–Crippen LogP) is 1.82. The van der Waals surface area contributed by atoms with Gasteiger partial charge in [0, 0.05) is 18.2 Å². The number of amides is 1. The molecule has 2 aliphatic carbocycles. The van der Waals surface area contributed by atoms with E-state index in [2.05, 4.69) is 10.3 Å². The van der Waals surface area contributed by atoms with Gasteiger partial charge in [0.15, 0.2) is 0 Å². The summed E-state index contributed by atoms with van der Waals surface area (Å²) in [6, 6.07) is 3.70. The van der Waals surface area contributed by atoms with Crippen LogP contribution in [0.2, 0.25) is 0 Å². The topological polar surface area (TPSA) is 71.5 Å². The summed E-state index contributed by atoms with van der Waals surface area (Å²) in [5.41, 5.74) is 0.986. The summed E-state index contributed by atoms with van der Waals surface area (Å²) in [6.45, 7) is 0. The Hall–Kier alpha value is -1.62. The van der Waals surface area contributed by atoms with Crippen LogP contribution in [0.25, 0.3) is 0 Å². The number of nitrogens with one attached hydrogen (secondary N) is 1. The Kier molecular flexibility index (Phi) is 4.10. The van der Waals surface area contributed by atoms with Gasteiger partial charge in [-0.25, -0.2) is 4.98 Å². The molecule has 2 N–H and O–H groups in total. The molecule has 0 saturated heterocycles. The highest BCUT2D eigenvalue weighted by Crippen LogP contribution is 2.39. The van der Waals surface area contributed by atoms with Gasteiger partial charge in [0.2, 0.25) is 11.8 Å². The average Bonchev–Trinajstić information content (AvgIpc) is 2.40. The molecule has 1 aromatic heterocycles. The van der Waals surface area contributed by atoms with Gasteiger partial charge in [0.25, 0.3) is 0 Å². The number of methoxy groups -OCH3 is 1. The summed E-state index contributed by atoms with van der Waals surface area (Å²) in [7, 11) is 1.58. The molecule has 5 nitrogen and oxygen atoms in total. The highest BCUT2D eigenvalue weighted by molar-refractivity contribution is 5.79. The quantitative estimate of drug-likeness (QED) is 0.867. The van der Waals surface area contributed by atoms with E-state index in [0.717, 1.165) is 37.7 Å². The molecule has 1 heterocycles. The molecule has 2 saturated carbocycles. The molecule has 1 aromatic rings. The van der Waals surface area contributed by atoms with Gasteiger partial charge in [-0.15, -0.1) is 0 Å². The monoisotopic (exact) mass is 290 g/mol. The lowest BCUT2D eigenvalue weighted by Gasteiger charge is -2.39. The molecule has 0 aliphatic heterocycles. The van der Waals surface area contributed by atoms with Gasteiger partial charge in [-0.2, -0.15) is 0 Å². The van der Waals surface area contributed by atoms with E-state index in [-0.39, 0.29) is 24.0 Å². The Balaban J connectivity index is 1.72. The molecule has 3 rings (SSSR count). The van der Waals surface area contributed by atoms with Crippen LogP contribution in [0.4, 0.5) is 0 Å². The minimum atomic E-state index is -0.232. The van der Waals surface area contributed by atoms with Crippen LogP contribution in [0, 0.1) is 11.8 Å². The van der Waals surface area contributed by atoms with Crippen molar-refractivity contribution < 1.29 is 14.6 Å². The number of aromatic nitrogens is 1. The van der Waals surface area contributed by atoms with Crippen molar-refractivity contribution in [3.05, 3.63) is 23.9 Å². The lowest BCUT2D eigenvalue weighted by Crippen LogP contribution is -2.44. The first-order valence-electron chi connectivity index (χ1n) is 7.65. The van der Waals surface area contributed by atoms with Gasteiger partial charge < -0.3 is 15.2 Å². The van der Waals surface area contributed by atoms with Gasteiger partial charge in [-0.05, 0) is 37.2 Å². The van der Waals surface area contributed by atoms with Crippen molar-refractivity contribution in [3.8, 4) is 5.88 Å². The molecule has 2 aliphatic rings. The third-order valence-corrected chi connectivity index (χ3v) is 4.72. The van der Waals surface area contributed by atoms with Crippen LogP contribution in [0.15, 0.2) is 18.3 Å². The van der Waals surface area contributed by atoms with Crippen molar-refractivity contribution >= 4 is 5.91 Å². The smallest absolute Gasteiger partial charge is 0.223 e. The fraction of sp³-hybridized carbons (Fsp3) is 0.625. The van der Waals surface area contributed by atoms with Crippen molar-refractivity contribution in [1.29, 1.82) is 0 Å². The van der Waals surface area contributed by atoms with Crippen LogP contribution < -0.4 is 10.1 Å². The van der Waals surface area contributed by atoms with Crippen LogP contribution in [-0.4, -0.2) is 29.2 Å². The largest absolute Gasteiger partial charge is 0.481 e. The van der Waals surface area contributed by atoms with E-state index in [9.17, 15) is 9.90 Å². The number of carbonyl (C=O) groups is 1. The first kappa shape index (κ1) is 14.3. The molecule has 0 spiro atoms. The van der Waals surface area contributed by atoms with Crippen LogP contribution in [0.1, 0.15) is 43.7 Å². The predicted molar refractivity (Wildman–Crippen MR) is 77.7 cm³/mol. The summed E-state index contributed by atoms with van der Waals surface area (Å²) < 4.78 is 5.07. The standard InChI is InChI=1S/C16H22N2O3/c1-21-14-6-5-11(9-17-14)15(12-7-13(19)8-12)18-16(20)10-3-2-4-10/h5-6,9-10,12-13,15,19H,2-4,7-8H2,1H3,(H,18,20)/t12?,13?,15-/m0/s1. The SMILES string of the molecule is COc1ccc([C@H](NC(=O)C2CCC2)C2CC(O)C2)cn1. The highest BCUT2D eigenvalue weighted by atomic mass is 16.5. The van der Waals surface area contributed by atoms with E-state index in [1.807, 2.05) is 12.1 Å². The number of aliphatic hydroxyl groups is 1. The molecular weight excluding hydrogens is 268 g/mol. The number of rotatable bonds is 5. The third kappa shape index (κ3) is 3.02. The van der Waals surface area contributed by atoms with Crippen molar-refractivity contribution in [2.75, 3.05) is 7.11 Å². The molecule has 5 heteroatoms. The average molecular weight is 290 g/mol. The number of hydrogen-bond acceptors (Lipinski definition) is 4. The third-order valence-electron chi connectivity index (χ3n) is 4.72. The molecule has 1 atom stereocenters. The second-order valence-corrected chi connectivity index (χ2v) is 6.13. The minimum absolute atomic E-state index is 0.0556. The van der Waals surface area contributed by atoms with Crippen molar-refractivity contribution in [2.45, 2.75) is 44.2 Å². The second-order valence-electron chi connectivity index (χ2n) is 6.13. The Labute approximate surface area is 124 Å². The zero-order chi connectivity index (χ0) is 14.8. The van der Waals surface area contributed by atoms with E-state index in [1.54, 1.807) is 13.3 Å². The molecule has 2 fully saturated rings. The van der Waals surface area contributed by atoms with Crippen LogP contribution >= 0.6 is 0 Å². The van der Waals surface area contributed by atoms with E-state index in [0.29, 0.717) is 11.8 Å². The summed E-state index contributed by atoms with van der Waals surface area (Å²) in [5.74, 6) is 1.17. The van der Waals surface area contributed by atoms with Crippen molar-refractivity contribution in [2.24, 2.45) is 11.8 Å². The maximum atomic E-state index is 12.2. The van der Waals surface area contributed by atoms with Crippen molar-refractivity contribution in [3.63, 3.8) is 0 Å². The highest BCUT2D eigenvalue weighted by Gasteiger charge is 2.37. The molecule has 0 radical (unpaired) electrons. The zero-order valence-corrected chi connectivity index (χ0v) is 12.3. The van der Waals surface area contributed by atoms with E-state index in [4.69, 9.17) is 4.74 Å². The Morgan fingerprint density at radius 1 is 1.43 bits per heavy atom. The van der Waals surface area contributed by atoms with Gasteiger partial charge in [-0.1, -0.05) is 12.5 Å². The molecule has 0 bridgehead atoms.